The van der Waals surface area contributed by atoms with Crippen LogP contribution in [0.15, 0.2) is 46.8 Å². The van der Waals surface area contributed by atoms with Crippen molar-refractivity contribution in [1.82, 2.24) is 5.32 Å². The number of hydrogen-bond acceptors (Lipinski definition) is 7. The Morgan fingerprint density at radius 1 is 1.03 bits per heavy atom. The largest absolute Gasteiger partial charge is 0.496 e. The number of Topliss-reactive ketones (excluding diaryl/α,β-unsaturated/α-hetero) is 1. The van der Waals surface area contributed by atoms with E-state index in [1.54, 1.807) is 7.11 Å². The Balaban J connectivity index is 1.80. The predicted molar refractivity (Wildman–Crippen MR) is 130 cm³/mol. The Morgan fingerprint density at radius 3 is 2.37 bits per heavy atom. The minimum atomic E-state index is -0.921. The summed E-state index contributed by atoms with van der Waals surface area (Å²) >= 11 is 0. The van der Waals surface area contributed by atoms with E-state index in [0.717, 1.165) is 44.2 Å². The highest BCUT2D eigenvalue weighted by atomic mass is 16.5. The SMILES string of the molecule is COC(=O)[C@@H]1C(=O)C2=C(C[C@@H]1C)NC(C)=C(C(=O)OC1CCCCCC1)[C@@H]2c1ccccc1OC. The van der Waals surface area contributed by atoms with Crippen LogP contribution in [0, 0.1) is 11.8 Å². The average molecular weight is 482 g/mol. The van der Waals surface area contributed by atoms with E-state index in [2.05, 4.69) is 5.32 Å². The summed E-state index contributed by atoms with van der Waals surface area (Å²) in [6.45, 7) is 3.72. The van der Waals surface area contributed by atoms with Gasteiger partial charge in [0.05, 0.1) is 25.7 Å². The predicted octanol–water partition coefficient (Wildman–Crippen LogP) is 4.57. The molecule has 1 aromatic carbocycles. The number of carbonyl (C=O) groups excluding carboxylic acids is 3. The first-order valence-electron chi connectivity index (χ1n) is 12.5. The van der Waals surface area contributed by atoms with Gasteiger partial charge in [0.15, 0.2) is 5.78 Å². The lowest BCUT2D eigenvalue weighted by molar-refractivity contribution is -0.151. The molecule has 1 aliphatic heterocycles. The van der Waals surface area contributed by atoms with E-state index < -0.39 is 23.8 Å². The van der Waals surface area contributed by atoms with Crippen molar-refractivity contribution in [2.24, 2.45) is 11.8 Å². The summed E-state index contributed by atoms with van der Waals surface area (Å²) < 4.78 is 16.6. The van der Waals surface area contributed by atoms with Crippen molar-refractivity contribution in [3.05, 3.63) is 52.4 Å². The Labute approximate surface area is 206 Å². The number of allylic oxidation sites excluding steroid dienone is 3. The third kappa shape index (κ3) is 4.86. The first-order valence-corrected chi connectivity index (χ1v) is 12.5. The number of esters is 2. The van der Waals surface area contributed by atoms with Gasteiger partial charge in [0, 0.05) is 22.5 Å². The summed E-state index contributed by atoms with van der Waals surface area (Å²) in [7, 11) is 2.86. The Hall–Kier alpha value is -3.09. The lowest BCUT2D eigenvalue weighted by Gasteiger charge is -2.38. The number of dihydropyridines is 1. The van der Waals surface area contributed by atoms with Crippen LogP contribution >= 0.6 is 0 Å². The van der Waals surface area contributed by atoms with Gasteiger partial charge >= 0.3 is 11.9 Å². The number of methoxy groups -OCH3 is 2. The molecule has 3 aliphatic rings. The topological polar surface area (TPSA) is 90.9 Å². The van der Waals surface area contributed by atoms with E-state index in [1.165, 1.54) is 7.11 Å². The molecule has 35 heavy (non-hydrogen) atoms. The molecule has 0 radical (unpaired) electrons. The van der Waals surface area contributed by atoms with Gasteiger partial charge in [-0.25, -0.2) is 4.79 Å². The van der Waals surface area contributed by atoms with Crippen molar-refractivity contribution in [3.63, 3.8) is 0 Å². The van der Waals surface area contributed by atoms with E-state index in [1.807, 2.05) is 38.1 Å². The van der Waals surface area contributed by atoms with Crippen LogP contribution in [0.2, 0.25) is 0 Å². The lowest BCUT2D eigenvalue weighted by Crippen LogP contribution is -2.43. The maximum atomic E-state index is 13.8. The minimum absolute atomic E-state index is 0.135. The van der Waals surface area contributed by atoms with Crippen molar-refractivity contribution in [1.29, 1.82) is 0 Å². The van der Waals surface area contributed by atoms with Crippen molar-refractivity contribution < 1.29 is 28.6 Å². The summed E-state index contributed by atoms with van der Waals surface area (Å²) in [6.07, 6.45) is 6.43. The second kappa shape index (κ2) is 10.7. The summed E-state index contributed by atoms with van der Waals surface area (Å²) in [5.41, 5.74) is 2.91. The fraction of sp³-hybridized carbons (Fsp3) is 0.536. The third-order valence-electron chi connectivity index (χ3n) is 7.49. The molecule has 0 aromatic heterocycles. The van der Waals surface area contributed by atoms with Gasteiger partial charge < -0.3 is 19.5 Å². The molecule has 2 aliphatic carbocycles. The molecule has 4 rings (SSSR count). The average Bonchev–Trinajstić information content (AvgIpc) is 3.11. The molecule has 0 spiro atoms. The van der Waals surface area contributed by atoms with Crippen LogP contribution in [-0.2, 0) is 23.9 Å². The second-order valence-corrected chi connectivity index (χ2v) is 9.80. The van der Waals surface area contributed by atoms with Gasteiger partial charge in [0.25, 0.3) is 0 Å². The number of benzene rings is 1. The highest BCUT2D eigenvalue weighted by Crippen LogP contribution is 2.47. The van der Waals surface area contributed by atoms with E-state index >= 15 is 0 Å². The minimum Gasteiger partial charge on any atom is -0.496 e. The summed E-state index contributed by atoms with van der Waals surface area (Å²) in [5, 5.41) is 3.32. The zero-order valence-electron chi connectivity index (χ0n) is 21.0. The number of hydrogen-bond donors (Lipinski definition) is 1. The Kier molecular flexibility index (Phi) is 7.63. The van der Waals surface area contributed by atoms with Crippen LogP contribution in [0.1, 0.15) is 70.3 Å². The fourth-order valence-corrected chi connectivity index (χ4v) is 5.74. The number of para-hydroxylation sites is 1. The van der Waals surface area contributed by atoms with Crippen LogP contribution < -0.4 is 10.1 Å². The van der Waals surface area contributed by atoms with Crippen molar-refractivity contribution in [2.75, 3.05) is 14.2 Å². The van der Waals surface area contributed by atoms with E-state index in [9.17, 15) is 14.4 Å². The quantitative estimate of drug-likeness (QED) is 0.374. The van der Waals surface area contributed by atoms with E-state index in [4.69, 9.17) is 14.2 Å². The monoisotopic (exact) mass is 481 g/mol. The molecule has 188 valence electrons. The molecule has 1 saturated carbocycles. The van der Waals surface area contributed by atoms with Gasteiger partial charge in [-0.05, 0) is 51.0 Å². The molecule has 1 fully saturated rings. The third-order valence-corrected chi connectivity index (χ3v) is 7.49. The van der Waals surface area contributed by atoms with Gasteiger partial charge in [-0.15, -0.1) is 0 Å². The number of carbonyl (C=O) groups is 3. The van der Waals surface area contributed by atoms with Gasteiger partial charge in [-0.2, -0.15) is 0 Å². The van der Waals surface area contributed by atoms with Crippen molar-refractivity contribution in [2.45, 2.75) is 70.8 Å². The standard InChI is InChI=1S/C28H35NO6/c1-16-15-20-25(26(30)22(16)27(31)34-4)24(19-13-9-10-14-21(19)33-3)23(17(2)29-20)28(32)35-18-11-7-5-6-8-12-18/h9-10,13-14,16,18,22,24,29H,5-8,11-12,15H2,1-4H3/t16-,22-,24-/m0/s1. The molecule has 3 atom stereocenters. The molecule has 7 heteroatoms. The van der Waals surface area contributed by atoms with Gasteiger partial charge in [-0.3, -0.25) is 9.59 Å². The molecule has 0 bridgehead atoms. The first-order chi connectivity index (χ1) is 16.9. The Morgan fingerprint density at radius 2 is 1.71 bits per heavy atom. The molecule has 1 heterocycles. The maximum Gasteiger partial charge on any atom is 0.337 e. The molecule has 1 N–H and O–H groups in total. The van der Waals surface area contributed by atoms with Crippen LogP contribution in [-0.4, -0.2) is 38.0 Å². The zero-order chi connectivity index (χ0) is 25.1. The molecule has 0 amide bonds. The summed E-state index contributed by atoms with van der Waals surface area (Å²) in [4.78, 5) is 40.1. The van der Waals surface area contributed by atoms with E-state index in [0.29, 0.717) is 34.6 Å². The van der Waals surface area contributed by atoms with Crippen molar-refractivity contribution >= 4 is 17.7 Å². The molecule has 1 aromatic rings. The highest BCUT2D eigenvalue weighted by Gasteiger charge is 2.48. The summed E-state index contributed by atoms with van der Waals surface area (Å²) in [6, 6.07) is 7.39. The number of rotatable bonds is 5. The van der Waals surface area contributed by atoms with Crippen LogP contribution in [0.25, 0.3) is 0 Å². The molecular weight excluding hydrogens is 446 g/mol. The zero-order valence-corrected chi connectivity index (χ0v) is 21.0. The van der Waals surface area contributed by atoms with E-state index in [-0.39, 0.29) is 17.8 Å². The van der Waals surface area contributed by atoms with Gasteiger partial charge in [0.2, 0.25) is 0 Å². The molecule has 7 nitrogen and oxygen atoms in total. The van der Waals surface area contributed by atoms with Crippen LogP contribution in [0.4, 0.5) is 0 Å². The van der Waals surface area contributed by atoms with Gasteiger partial charge in [-0.1, -0.05) is 38.0 Å². The number of nitrogens with one attached hydrogen (secondary N) is 1. The number of ketones is 1. The highest BCUT2D eigenvalue weighted by molar-refractivity contribution is 6.12. The van der Waals surface area contributed by atoms with Crippen molar-refractivity contribution in [3.8, 4) is 5.75 Å². The maximum absolute atomic E-state index is 13.8. The van der Waals surface area contributed by atoms with Gasteiger partial charge in [0.1, 0.15) is 17.8 Å². The normalized spacial score (nSPS) is 25.4. The van der Waals surface area contributed by atoms with Crippen LogP contribution in [0.5, 0.6) is 5.75 Å². The Bertz CT molecular complexity index is 1060. The fourth-order valence-electron chi connectivity index (χ4n) is 5.74. The van der Waals surface area contributed by atoms with Crippen LogP contribution in [0.3, 0.4) is 0 Å². The first kappa shape index (κ1) is 25.0. The molecule has 0 saturated heterocycles. The second-order valence-electron chi connectivity index (χ2n) is 9.80. The smallest absolute Gasteiger partial charge is 0.337 e. The molecular formula is C28H35NO6. The summed E-state index contributed by atoms with van der Waals surface area (Å²) in [5.74, 6) is -2.58. The number of ether oxygens (including phenoxy) is 3. The lowest BCUT2D eigenvalue weighted by atomic mass is 9.69. The molecule has 0 unspecified atom stereocenters.